The first-order valence-electron chi connectivity index (χ1n) is 11.5. The molecule has 0 atom stereocenters. The number of guanidine groups is 1. The molecule has 2 aromatic carbocycles. The Hall–Kier alpha value is -3.32. The Morgan fingerprint density at radius 2 is 1.94 bits per heavy atom. The lowest BCUT2D eigenvalue weighted by atomic mass is 10.1. The second-order valence-electron chi connectivity index (χ2n) is 7.78. The van der Waals surface area contributed by atoms with E-state index in [0.29, 0.717) is 19.8 Å². The van der Waals surface area contributed by atoms with Gasteiger partial charge in [-0.15, -0.1) is 0 Å². The minimum atomic E-state index is 0.518. The summed E-state index contributed by atoms with van der Waals surface area (Å²) in [5.74, 6) is 2.69. The fourth-order valence-electron chi connectivity index (χ4n) is 3.45. The van der Waals surface area contributed by atoms with Crippen LogP contribution in [0.5, 0.6) is 5.75 Å². The predicted octanol–water partition coefficient (Wildman–Crippen LogP) is 3.56. The molecule has 0 amide bonds. The Labute approximate surface area is 196 Å². The van der Waals surface area contributed by atoms with E-state index in [4.69, 9.17) is 14.5 Å². The van der Waals surface area contributed by atoms with E-state index >= 15 is 0 Å². The molecule has 2 N–H and O–H groups in total. The van der Waals surface area contributed by atoms with Crippen LogP contribution in [0.2, 0.25) is 0 Å². The minimum Gasteiger partial charge on any atom is -0.491 e. The van der Waals surface area contributed by atoms with Gasteiger partial charge in [0.25, 0.3) is 0 Å². The van der Waals surface area contributed by atoms with Crippen molar-refractivity contribution in [3.8, 4) is 5.75 Å². The zero-order chi connectivity index (χ0) is 23.3. The molecule has 0 aliphatic carbocycles. The Bertz CT molecular complexity index is 1000. The van der Waals surface area contributed by atoms with Gasteiger partial charge < -0.3 is 24.7 Å². The molecule has 0 aliphatic heterocycles. The average Bonchev–Trinajstić information content (AvgIpc) is 3.26. The van der Waals surface area contributed by atoms with Crippen LogP contribution in [0, 0.1) is 6.92 Å². The first-order valence-corrected chi connectivity index (χ1v) is 11.5. The van der Waals surface area contributed by atoms with Gasteiger partial charge in [-0.05, 0) is 31.0 Å². The van der Waals surface area contributed by atoms with Crippen molar-refractivity contribution in [3.05, 3.63) is 83.4 Å². The molecule has 0 aliphatic rings. The number of benzene rings is 2. The highest BCUT2D eigenvalue weighted by atomic mass is 16.5. The topological polar surface area (TPSA) is 72.7 Å². The highest BCUT2D eigenvalue weighted by Crippen LogP contribution is 2.21. The van der Waals surface area contributed by atoms with E-state index in [1.165, 1.54) is 5.56 Å². The van der Waals surface area contributed by atoms with E-state index in [1.54, 1.807) is 7.11 Å². The van der Waals surface area contributed by atoms with Crippen LogP contribution in [0.4, 0.5) is 0 Å². The lowest BCUT2D eigenvalue weighted by Gasteiger charge is -2.14. The van der Waals surface area contributed by atoms with Gasteiger partial charge in [-0.1, -0.05) is 42.5 Å². The highest BCUT2D eigenvalue weighted by molar-refractivity contribution is 5.79. The number of nitrogens with zero attached hydrogens (tertiary/aromatic N) is 3. The fourth-order valence-corrected chi connectivity index (χ4v) is 3.45. The van der Waals surface area contributed by atoms with Gasteiger partial charge in [-0.2, -0.15) is 0 Å². The van der Waals surface area contributed by atoms with Gasteiger partial charge in [0, 0.05) is 51.1 Å². The van der Waals surface area contributed by atoms with Crippen LogP contribution in [-0.2, 0) is 24.2 Å². The molecule has 33 heavy (non-hydrogen) atoms. The summed E-state index contributed by atoms with van der Waals surface area (Å²) < 4.78 is 13.2. The van der Waals surface area contributed by atoms with Crippen LogP contribution in [-0.4, -0.2) is 48.9 Å². The van der Waals surface area contributed by atoms with Crippen molar-refractivity contribution in [3.63, 3.8) is 0 Å². The molecule has 3 rings (SSSR count). The Kier molecular flexibility index (Phi) is 9.79. The van der Waals surface area contributed by atoms with Gasteiger partial charge in [0.1, 0.15) is 18.2 Å². The van der Waals surface area contributed by atoms with Gasteiger partial charge in [-0.25, -0.2) is 9.98 Å². The van der Waals surface area contributed by atoms with Crippen molar-refractivity contribution in [2.45, 2.75) is 33.4 Å². The van der Waals surface area contributed by atoms with E-state index in [-0.39, 0.29) is 0 Å². The standard InChI is InChI=1S/C26H35N5O2/c1-4-27-26(30-19-23-11-10-21(2)18-24(23)33-17-16-32-3)29-13-12-25-28-14-15-31(25)20-22-8-6-5-7-9-22/h5-11,14-15,18H,4,12-13,16-17,19-20H2,1-3H3,(H2,27,29,30). The summed E-state index contributed by atoms with van der Waals surface area (Å²) in [6.45, 7) is 8.08. The maximum absolute atomic E-state index is 5.90. The molecule has 7 nitrogen and oxygen atoms in total. The summed E-state index contributed by atoms with van der Waals surface area (Å²) in [5.41, 5.74) is 3.47. The lowest BCUT2D eigenvalue weighted by Crippen LogP contribution is -2.38. The van der Waals surface area contributed by atoms with Gasteiger partial charge in [0.05, 0.1) is 13.2 Å². The quantitative estimate of drug-likeness (QED) is 0.251. The molecule has 0 fully saturated rings. The van der Waals surface area contributed by atoms with Gasteiger partial charge in [0.2, 0.25) is 0 Å². The Morgan fingerprint density at radius 3 is 2.73 bits per heavy atom. The second kappa shape index (κ2) is 13.3. The first-order chi connectivity index (χ1) is 16.2. The van der Waals surface area contributed by atoms with Crippen LogP contribution in [0.1, 0.15) is 29.4 Å². The van der Waals surface area contributed by atoms with Crippen LogP contribution in [0.25, 0.3) is 0 Å². The van der Waals surface area contributed by atoms with Crippen LogP contribution in [0.3, 0.4) is 0 Å². The summed E-state index contributed by atoms with van der Waals surface area (Å²) >= 11 is 0. The number of rotatable bonds is 12. The van der Waals surface area contributed by atoms with Crippen molar-refractivity contribution in [2.24, 2.45) is 4.99 Å². The molecule has 0 spiro atoms. The van der Waals surface area contributed by atoms with Crippen molar-refractivity contribution >= 4 is 5.96 Å². The van der Waals surface area contributed by atoms with Crippen LogP contribution < -0.4 is 15.4 Å². The summed E-state index contributed by atoms with van der Waals surface area (Å²) in [6, 6.07) is 16.6. The van der Waals surface area contributed by atoms with Crippen molar-refractivity contribution in [2.75, 3.05) is 33.4 Å². The summed E-state index contributed by atoms with van der Waals surface area (Å²) in [5, 5.41) is 6.75. The number of aliphatic imine (C=N–C) groups is 1. The Balaban J connectivity index is 1.58. The van der Waals surface area contributed by atoms with Crippen molar-refractivity contribution < 1.29 is 9.47 Å². The highest BCUT2D eigenvalue weighted by Gasteiger charge is 2.07. The van der Waals surface area contributed by atoms with Gasteiger partial charge in [0.15, 0.2) is 5.96 Å². The molecule has 1 aromatic heterocycles. The van der Waals surface area contributed by atoms with E-state index in [2.05, 4.69) is 70.4 Å². The molecule has 3 aromatic rings. The zero-order valence-corrected chi connectivity index (χ0v) is 19.9. The van der Waals surface area contributed by atoms with E-state index in [1.807, 2.05) is 24.5 Å². The van der Waals surface area contributed by atoms with Crippen LogP contribution in [0.15, 0.2) is 65.9 Å². The van der Waals surface area contributed by atoms with E-state index < -0.39 is 0 Å². The average molecular weight is 450 g/mol. The normalized spacial score (nSPS) is 11.4. The molecule has 1 heterocycles. The number of nitrogens with one attached hydrogen (secondary N) is 2. The molecule has 7 heteroatoms. The first kappa shape index (κ1) is 24.3. The predicted molar refractivity (Wildman–Crippen MR) is 133 cm³/mol. The molecular weight excluding hydrogens is 414 g/mol. The number of hydrogen-bond donors (Lipinski definition) is 2. The molecule has 0 bridgehead atoms. The summed E-state index contributed by atoms with van der Waals surface area (Å²) in [4.78, 5) is 9.31. The molecule has 0 unspecified atom stereocenters. The molecular formula is C26H35N5O2. The summed E-state index contributed by atoms with van der Waals surface area (Å²) in [6.07, 6.45) is 4.70. The maximum Gasteiger partial charge on any atom is 0.191 e. The third kappa shape index (κ3) is 7.95. The number of imidazole rings is 1. The van der Waals surface area contributed by atoms with E-state index in [0.717, 1.165) is 54.7 Å². The summed E-state index contributed by atoms with van der Waals surface area (Å²) in [7, 11) is 1.67. The third-order valence-electron chi connectivity index (χ3n) is 5.16. The van der Waals surface area contributed by atoms with Crippen molar-refractivity contribution in [1.29, 1.82) is 0 Å². The second-order valence-corrected chi connectivity index (χ2v) is 7.78. The van der Waals surface area contributed by atoms with Crippen molar-refractivity contribution in [1.82, 2.24) is 20.2 Å². The smallest absolute Gasteiger partial charge is 0.191 e. The minimum absolute atomic E-state index is 0.518. The van der Waals surface area contributed by atoms with E-state index in [9.17, 15) is 0 Å². The molecule has 0 saturated carbocycles. The fraction of sp³-hybridized carbons (Fsp3) is 0.385. The maximum atomic E-state index is 5.90. The molecule has 0 saturated heterocycles. The monoisotopic (exact) mass is 449 g/mol. The van der Waals surface area contributed by atoms with Gasteiger partial charge >= 0.3 is 0 Å². The lowest BCUT2D eigenvalue weighted by molar-refractivity contribution is 0.145. The SMILES string of the molecule is CCNC(=NCc1ccc(C)cc1OCCOC)NCCc1nccn1Cc1ccccc1. The van der Waals surface area contributed by atoms with Crippen LogP contribution >= 0.6 is 0 Å². The third-order valence-corrected chi connectivity index (χ3v) is 5.16. The Morgan fingerprint density at radius 1 is 1.09 bits per heavy atom. The number of aromatic nitrogens is 2. The molecule has 176 valence electrons. The number of methoxy groups -OCH3 is 1. The number of aryl methyl sites for hydroxylation is 1. The van der Waals surface area contributed by atoms with Gasteiger partial charge in [-0.3, -0.25) is 0 Å². The number of hydrogen-bond acceptors (Lipinski definition) is 4. The largest absolute Gasteiger partial charge is 0.491 e. The zero-order valence-electron chi connectivity index (χ0n) is 19.9. The molecule has 0 radical (unpaired) electrons. The number of ether oxygens (including phenoxy) is 2.